The van der Waals surface area contributed by atoms with E-state index in [2.05, 4.69) is 26.6 Å². The summed E-state index contributed by atoms with van der Waals surface area (Å²) in [7, 11) is 0. The van der Waals surface area contributed by atoms with Crippen LogP contribution in [-0.2, 0) is 9.53 Å². The zero-order valence-corrected chi connectivity index (χ0v) is 9.34. The van der Waals surface area contributed by atoms with E-state index in [0.717, 1.165) is 13.1 Å². The lowest BCUT2D eigenvalue weighted by atomic mass is 10.0. The number of ketones is 1. The van der Waals surface area contributed by atoms with Crippen LogP contribution >= 0.6 is 15.9 Å². The van der Waals surface area contributed by atoms with Gasteiger partial charge in [0.05, 0.1) is 12.3 Å². The van der Waals surface area contributed by atoms with Crippen molar-refractivity contribution >= 4 is 21.7 Å². The summed E-state index contributed by atoms with van der Waals surface area (Å²) in [6.45, 7) is 2.42. The molecule has 2 aliphatic heterocycles. The first-order valence-electron chi connectivity index (χ1n) is 4.72. The Kier molecular flexibility index (Phi) is 2.90. The number of hydrogen-bond donors (Lipinski definition) is 2. The minimum atomic E-state index is -0.830. The van der Waals surface area contributed by atoms with Crippen molar-refractivity contribution in [1.29, 1.82) is 0 Å². The van der Waals surface area contributed by atoms with Crippen LogP contribution < -0.4 is 10.6 Å². The molecule has 5 heteroatoms. The zero-order valence-electron chi connectivity index (χ0n) is 7.75. The molecule has 0 saturated carbocycles. The maximum Gasteiger partial charge on any atom is 0.225 e. The van der Waals surface area contributed by atoms with Gasteiger partial charge in [-0.2, -0.15) is 0 Å². The van der Waals surface area contributed by atoms with Crippen LogP contribution in [0.1, 0.15) is 6.42 Å². The molecule has 0 radical (unpaired) electrons. The number of carbonyl (C=O) groups excluding carboxylic acids is 1. The van der Waals surface area contributed by atoms with Gasteiger partial charge in [-0.3, -0.25) is 4.79 Å². The number of halogens is 1. The summed E-state index contributed by atoms with van der Waals surface area (Å²) < 4.78 is 4.44. The van der Waals surface area contributed by atoms with Crippen LogP contribution in [0.5, 0.6) is 0 Å². The number of carbonyl (C=O) groups is 1. The predicted molar refractivity (Wildman–Crippen MR) is 56.2 cm³/mol. The summed E-state index contributed by atoms with van der Waals surface area (Å²) in [6.07, 6.45) is 4.02. The molecule has 2 rings (SSSR count). The van der Waals surface area contributed by atoms with Crippen molar-refractivity contribution in [3.05, 3.63) is 12.3 Å². The van der Waals surface area contributed by atoms with Crippen molar-refractivity contribution in [3.8, 4) is 0 Å². The van der Waals surface area contributed by atoms with Crippen LogP contribution in [0.4, 0.5) is 0 Å². The Labute approximate surface area is 91.2 Å². The Bertz CT molecular complexity index is 254. The molecule has 1 fully saturated rings. The second-order valence-corrected chi connectivity index (χ2v) is 4.78. The van der Waals surface area contributed by atoms with Crippen LogP contribution in [-0.4, -0.2) is 36.0 Å². The highest BCUT2D eigenvalue weighted by Crippen LogP contribution is 2.32. The Morgan fingerprint density at radius 3 is 3.00 bits per heavy atom. The Balaban J connectivity index is 1.99. The zero-order chi connectivity index (χ0) is 10.0. The molecule has 2 atom stereocenters. The van der Waals surface area contributed by atoms with Gasteiger partial charge in [0, 0.05) is 26.1 Å². The van der Waals surface area contributed by atoms with Gasteiger partial charge in [-0.15, -0.1) is 0 Å². The number of nitrogens with one attached hydrogen (secondary N) is 2. The summed E-state index contributed by atoms with van der Waals surface area (Å²) >= 11 is 3.34. The average Bonchev–Trinajstić information content (AvgIpc) is 2.67. The number of Topliss-reactive ketones (excluding diaryl/α,β-unsaturated/α-hetero) is 1. The molecular weight excluding hydrogens is 248 g/mol. The standard InChI is InChI=1S/C9H13BrN2O2/c10-9(2-1-5-14-9)8(13)7-6-11-3-4-12-7/h1,5,7,11-12H,2-4,6H2. The van der Waals surface area contributed by atoms with Gasteiger partial charge in [0.25, 0.3) is 0 Å². The molecule has 0 bridgehead atoms. The summed E-state index contributed by atoms with van der Waals surface area (Å²) in [5.41, 5.74) is 0. The smallest absolute Gasteiger partial charge is 0.225 e. The number of alkyl halides is 1. The summed E-state index contributed by atoms with van der Waals surface area (Å²) in [4.78, 5) is 12.0. The second-order valence-electron chi connectivity index (χ2n) is 3.50. The first kappa shape index (κ1) is 10.1. The van der Waals surface area contributed by atoms with Crippen molar-refractivity contribution in [2.24, 2.45) is 0 Å². The van der Waals surface area contributed by atoms with E-state index < -0.39 is 4.51 Å². The summed E-state index contributed by atoms with van der Waals surface area (Å²) in [5.74, 6) is 0.0645. The van der Waals surface area contributed by atoms with Gasteiger partial charge in [-0.1, -0.05) is 0 Å². The normalized spacial score (nSPS) is 36.8. The van der Waals surface area contributed by atoms with Gasteiger partial charge in [-0.25, -0.2) is 0 Å². The first-order chi connectivity index (χ1) is 6.72. The van der Waals surface area contributed by atoms with Crippen LogP contribution in [0.3, 0.4) is 0 Å². The largest absolute Gasteiger partial charge is 0.476 e. The molecule has 0 amide bonds. The van der Waals surface area contributed by atoms with Gasteiger partial charge in [0.2, 0.25) is 10.3 Å². The molecule has 0 spiro atoms. The average molecular weight is 261 g/mol. The molecule has 78 valence electrons. The Hall–Kier alpha value is -0.390. The topological polar surface area (TPSA) is 50.4 Å². The van der Waals surface area contributed by atoms with Gasteiger partial charge in [0.15, 0.2) is 0 Å². The Morgan fingerprint density at radius 1 is 1.57 bits per heavy atom. The molecule has 0 aromatic carbocycles. The molecule has 14 heavy (non-hydrogen) atoms. The van der Waals surface area contributed by atoms with Crippen LogP contribution in [0.15, 0.2) is 12.3 Å². The van der Waals surface area contributed by atoms with E-state index in [1.807, 2.05) is 6.08 Å². The lowest BCUT2D eigenvalue weighted by molar-refractivity contribution is -0.130. The lowest BCUT2D eigenvalue weighted by Crippen LogP contribution is -2.56. The molecule has 0 aliphatic carbocycles. The van der Waals surface area contributed by atoms with Crippen LogP contribution in [0, 0.1) is 0 Å². The number of rotatable bonds is 2. The van der Waals surface area contributed by atoms with E-state index in [-0.39, 0.29) is 11.8 Å². The molecular formula is C9H13BrN2O2. The third-order valence-electron chi connectivity index (χ3n) is 2.46. The molecule has 2 unspecified atom stereocenters. The molecule has 2 aliphatic rings. The highest BCUT2D eigenvalue weighted by atomic mass is 79.9. The van der Waals surface area contributed by atoms with Gasteiger partial charge in [-0.05, 0) is 22.0 Å². The van der Waals surface area contributed by atoms with Gasteiger partial charge >= 0.3 is 0 Å². The van der Waals surface area contributed by atoms with Crippen molar-refractivity contribution in [1.82, 2.24) is 10.6 Å². The molecule has 2 heterocycles. The van der Waals surface area contributed by atoms with E-state index in [0.29, 0.717) is 13.0 Å². The van der Waals surface area contributed by atoms with Crippen LogP contribution in [0.25, 0.3) is 0 Å². The van der Waals surface area contributed by atoms with E-state index >= 15 is 0 Å². The van der Waals surface area contributed by atoms with Crippen molar-refractivity contribution in [3.63, 3.8) is 0 Å². The molecule has 0 aromatic heterocycles. The first-order valence-corrected chi connectivity index (χ1v) is 5.52. The van der Waals surface area contributed by atoms with E-state index in [9.17, 15) is 4.79 Å². The van der Waals surface area contributed by atoms with E-state index in [1.54, 1.807) is 6.26 Å². The minimum absolute atomic E-state index is 0.0645. The van der Waals surface area contributed by atoms with Gasteiger partial charge in [0.1, 0.15) is 0 Å². The van der Waals surface area contributed by atoms with Crippen molar-refractivity contribution in [2.75, 3.05) is 19.6 Å². The quantitative estimate of drug-likeness (QED) is 0.694. The SMILES string of the molecule is O=C(C1CNCCN1)C1(Br)CC=CO1. The fourth-order valence-electron chi connectivity index (χ4n) is 1.66. The molecule has 0 aromatic rings. The fourth-order valence-corrected chi connectivity index (χ4v) is 2.23. The maximum absolute atomic E-state index is 12.0. The fraction of sp³-hybridized carbons (Fsp3) is 0.667. The van der Waals surface area contributed by atoms with E-state index in [1.165, 1.54) is 0 Å². The maximum atomic E-state index is 12.0. The monoisotopic (exact) mass is 260 g/mol. The highest BCUT2D eigenvalue weighted by Gasteiger charge is 2.42. The van der Waals surface area contributed by atoms with Crippen molar-refractivity contribution in [2.45, 2.75) is 17.0 Å². The highest BCUT2D eigenvalue weighted by molar-refractivity contribution is 9.10. The number of ether oxygens (including phenoxy) is 1. The molecule has 2 N–H and O–H groups in total. The molecule has 1 saturated heterocycles. The van der Waals surface area contributed by atoms with Crippen molar-refractivity contribution < 1.29 is 9.53 Å². The van der Waals surface area contributed by atoms with Crippen LogP contribution in [0.2, 0.25) is 0 Å². The van der Waals surface area contributed by atoms with E-state index in [4.69, 9.17) is 4.74 Å². The third kappa shape index (κ3) is 1.85. The number of piperazine rings is 1. The molecule has 4 nitrogen and oxygen atoms in total. The lowest BCUT2D eigenvalue weighted by Gasteiger charge is -2.29. The second kappa shape index (κ2) is 4.00. The predicted octanol–water partition coefficient (Wildman–Crippen LogP) is 0.142. The van der Waals surface area contributed by atoms with Gasteiger partial charge < -0.3 is 15.4 Å². The Morgan fingerprint density at radius 2 is 2.43 bits per heavy atom. The third-order valence-corrected chi connectivity index (χ3v) is 3.36. The summed E-state index contributed by atoms with van der Waals surface area (Å²) in [6, 6.07) is -0.150. The number of hydrogen-bond acceptors (Lipinski definition) is 4. The minimum Gasteiger partial charge on any atom is -0.476 e. The summed E-state index contributed by atoms with van der Waals surface area (Å²) in [5, 5.41) is 6.35.